The number of amides is 1. The van der Waals surface area contributed by atoms with Gasteiger partial charge in [0.1, 0.15) is 5.82 Å². The molecule has 0 atom stereocenters. The number of hydrazine groups is 1. The van der Waals surface area contributed by atoms with Crippen molar-refractivity contribution in [2.75, 3.05) is 12.0 Å². The lowest BCUT2D eigenvalue weighted by Crippen LogP contribution is -2.28. The highest BCUT2D eigenvalue weighted by Gasteiger charge is 2.19. The fourth-order valence-corrected chi connectivity index (χ4v) is 2.96. The summed E-state index contributed by atoms with van der Waals surface area (Å²) in [5.74, 6) is 6.00. The van der Waals surface area contributed by atoms with Crippen molar-refractivity contribution in [3.8, 4) is 0 Å². The zero-order chi connectivity index (χ0) is 15.2. The third kappa shape index (κ3) is 4.17. The molecule has 1 fully saturated rings. The average molecular weight is 293 g/mol. The van der Waals surface area contributed by atoms with Crippen molar-refractivity contribution in [2.24, 2.45) is 17.7 Å². The number of nitrogens with one attached hydrogen (secondary N) is 2. The quantitative estimate of drug-likeness (QED) is 0.577. The van der Waals surface area contributed by atoms with Crippen LogP contribution < -0.4 is 16.6 Å². The number of anilines is 1. The number of hydrogen-bond donors (Lipinski definition) is 3. The first kappa shape index (κ1) is 15.8. The van der Waals surface area contributed by atoms with Crippen molar-refractivity contribution in [3.63, 3.8) is 0 Å². The molecule has 0 unspecified atom stereocenters. The zero-order valence-corrected chi connectivity index (χ0v) is 12.5. The van der Waals surface area contributed by atoms with Gasteiger partial charge in [0.2, 0.25) is 0 Å². The van der Waals surface area contributed by atoms with E-state index in [1.54, 1.807) is 6.07 Å². The highest BCUT2D eigenvalue weighted by molar-refractivity contribution is 5.99. The molecule has 0 saturated heterocycles. The van der Waals surface area contributed by atoms with E-state index in [0.717, 1.165) is 12.3 Å². The fourth-order valence-electron chi connectivity index (χ4n) is 2.96. The minimum absolute atomic E-state index is 0.0430. The van der Waals surface area contributed by atoms with Crippen LogP contribution in [-0.2, 0) is 0 Å². The maximum absolute atomic E-state index is 13.5. The first-order valence-electron chi connectivity index (χ1n) is 7.65. The molecule has 0 radical (unpaired) electrons. The van der Waals surface area contributed by atoms with Crippen molar-refractivity contribution in [1.29, 1.82) is 0 Å². The van der Waals surface area contributed by atoms with Crippen molar-refractivity contribution in [1.82, 2.24) is 5.32 Å². The molecule has 2 rings (SSSR count). The Morgan fingerprint density at radius 2 is 2.05 bits per heavy atom. The lowest BCUT2D eigenvalue weighted by Gasteiger charge is -2.26. The number of para-hydroxylation sites is 1. The van der Waals surface area contributed by atoms with Crippen molar-refractivity contribution >= 4 is 11.6 Å². The van der Waals surface area contributed by atoms with Crippen LogP contribution in [0.3, 0.4) is 0 Å². The van der Waals surface area contributed by atoms with Crippen LogP contribution in [0.5, 0.6) is 0 Å². The number of carbonyl (C=O) groups excluding carboxylic acids is 1. The first-order valence-corrected chi connectivity index (χ1v) is 7.65. The molecule has 4 nitrogen and oxygen atoms in total. The summed E-state index contributed by atoms with van der Waals surface area (Å²) < 4.78 is 13.5. The third-order valence-corrected chi connectivity index (χ3v) is 4.38. The Morgan fingerprint density at radius 3 is 2.71 bits per heavy atom. The SMILES string of the molecule is CC1CCC(CCNC(=O)c2cccc(F)c2NN)CC1. The number of halogens is 1. The van der Waals surface area contributed by atoms with Gasteiger partial charge in [-0.2, -0.15) is 0 Å². The Hall–Kier alpha value is -1.62. The number of hydrogen-bond acceptors (Lipinski definition) is 3. The smallest absolute Gasteiger partial charge is 0.253 e. The molecule has 1 aromatic carbocycles. The van der Waals surface area contributed by atoms with Crippen LogP contribution in [0, 0.1) is 17.7 Å². The van der Waals surface area contributed by atoms with E-state index >= 15 is 0 Å². The summed E-state index contributed by atoms with van der Waals surface area (Å²) in [4.78, 5) is 12.1. The molecular weight excluding hydrogens is 269 g/mol. The molecule has 5 heteroatoms. The van der Waals surface area contributed by atoms with Gasteiger partial charge in [0.15, 0.2) is 0 Å². The molecule has 4 N–H and O–H groups in total. The molecule has 0 bridgehead atoms. The largest absolute Gasteiger partial charge is 0.352 e. The normalized spacial score (nSPS) is 21.9. The maximum atomic E-state index is 13.5. The van der Waals surface area contributed by atoms with Crippen LogP contribution in [0.15, 0.2) is 18.2 Å². The van der Waals surface area contributed by atoms with Gasteiger partial charge in [-0.1, -0.05) is 38.7 Å². The van der Waals surface area contributed by atoms with Gasteiger partial charge in [-0.25, -0.2) is 4.39 Å². The third-order valence-electron chi connectivity index (χ3n) is 4.38. The monoisotopic (exact) mass is 293 g/mol. The highest BCUT2D eigenvalue weighted by Crippen LogP contribution is 2.30. The summed E-state index contributed by atoms with van der Waals surface area (Å²) in [6, 6.07) is 4.35. The van der Waals surface area contributed by atoms with E-state index in [0.29, 0.717) is 12.5 Å². The second-order valence-corrected chi connectivity index (χ2v) is 5.98. The minimum Gasteiger partial charge on any atom is -0.352 e. The van der Waals surface area contributed by atoms with Gasteiger partial charge < -0.3 is 10.7 Å². The van der Waals surface area contributed by atoms with E-state index in [9.17, 15) is 9.18 Å². The Balaban J connectivity index is 1.84. The number of rotatable bonds is 5. The fraction of sp³-hybridized carbons (Fsp3) is 0.562. The molecule has 0 heterocycles. The molecule has 1 saturated carbocycles. The molecule has 1 aliphatic rings. The number of nitrogens with two attached hydrogens (primary N) is 1. The Kier molecular flexibility index (Phi) is 5.56. The van der Waals surface area contributed by atoms with E-state index in [1.165, 1.54) is 37.8 Å². The average Bonchev–Trinajstić information content (AvgIpc) is 2.49. The van der Waals surface area contributed by atoms with Crippen LogP contribution in [0.1, 0.15) is 49.4 Å². The predicted octanol–water partition coefficient (Wildman–Crippen LogP) is 3.06. The molecule has 0 aromatic heterocycles. The molecular formula is C16H24FN3O. The van der Waals surface area contributed by atoms with Gasteiger partial charge in [-0.05, 0) is 30.4 Å². The maximum Gasteiger partial charge on any atom is 0.253 e. The van der Waals surface area contributed by atoms with Crippen molar-refractivity contribution in [3.05, 3.63) is 29.6 Å². The van der Waals surface area contributed by atoms with E-state index in [1.807, 2.05) is 0 Å². The van der Waals surface area contributed by atoms with Crippen molar-refractivity contribution < 1.29 is 9.18 Å². The first-order chi connectivity index (χ1) is 10.1. The van der Waals surface area contributed by atoms with Gasteiger partial charge in [-0.15, -0.1) is 0 Å². The topological polar surface area (TPSA) is 67.2 Å². The number of carbonyl (C=O) groups is 1. The highest BCUT2D eigenvalue weighted by atomic mass is 19.1. The standard InChI is InChI=1S/C16H24FN3O/c1-11-5-7-12(8-6-11)9-10-19-16(21)13-3-2-4-14(17)15(13)20-18/h2-4,11-12,20H,5-10,18H2,1H3,(H,19,21). The summed E-state index contributed by atoms with van der Waals surface area (Å²) in [5, 5.41) is 2.86. The molecule has 116 valence electrons. The summed E-state index contributed by atoms with van der Waals surface area (Å²) in [6.45, 7) is 2.92. The summed E-state index contributed by atoms with van der Waals surface area (Å²) >= 11 is 0. The van der Waals surface area contributed by atoms with E-state index < -0.39 is 5.82 Å². The van der Waals surface area contributed by atoms with Gasteiger partial charge in [-0.3, -0.25) is 10.6 Å². The Bertz CT molecular complexity index is 484. The lowest BCUT2D eigenvalue weighted by molar-refractivity contribution is 0.0950. The zero-order valence-electron chi connectivity index (χ0n) is 12.5. The van der Waals surface area contributed by atoms with E-state index in [-0.39, 0.29) is 17.2 Å². The molecule has 0 spiro atoms. The van der Waals surface area contributed by atoms with Gasteiger partial charge in [0, 0.05) is 6.54 Å². The Labute approximate surface area is 125 Å². The summed E-state index contributed by atoms with van der Waals surface area (Å²) in [7, 11) is 0. The van der Waals surface area contributed by atoms with Crippen LogP contribution in [-0.4, -0.2) is 12.5 Å². The number of nitrogen functional groups attached to an aromatic ring is 1. The molecule has 21 heavy (non-hydrogen) atoms. The van der Waals surface area contributed by atoms with Crippen LogP contribution in [0.25, 0.3) is 0 Å². The minimum atomic E-state index is -0.522. The molecule has 1 aliphatic carbocycles. The molecule has 1 amide bonds. The second-order valence-electron chi connectivity index (χ2n) is 5.98. The van der Waals surface area contributed by atoms with Gasteiger partial charge in [0.05, 0.1) is 11.3 Å². The van der Waals surface area contributed by atoms with Crippen LogP contribution >= 0.6 is 0 Å². The predicted molar refractivity (Wildman–Crippen MR) is 82.3 cm³/mol. The Morgan fingerprint density at radius 1 is 1.33 bits per heavy atom. The second kappa shape index (κ2) is 7.41. The molecule has 1 aromatic rings. The summed E-state index contributed by atoms with van der Waals surface area (Å²) in [6.07, 6.45) is 6.03. The summed E-state index contributed by atoms with van der Waals surface area (Å²) in [5.41, 5.74) is 2.54. The lowest BCUT2D eigenvalue weighted by atomic mass is 9.81. The molecule has 0 aliphatic heterocycles. The van der Waals surface area contributed by atoms with E-state index in [4.69, 9.17) is 5.84 Å². The van der Waals surface area contributed by atoms with Crippen LogP contribution in [0.4, 0.5) is 10.1 Å². The van der Waals surface area contributed by atoms with E-state index in [2.05, 4.69) is 17.7 Å². The van der Waals surface area contributed by atoms with Gasteiger partial charge >= 0.3 is 0 Å². The van der Waals surface area contributed by atoms with Crippen LogP contribution in [0.2, 0.25) is 0 Å². The number of benzene rings is 1. The van der Waals surface area contributed by atoms with Gasteiger partial charge in [0.25, 0.3) is 5.91 Å². The van der Waals surface area contributed by atoms with Crippen molar-refractivity contribution in [2.45, 2.75) is 39.0 Å².